The van der Waals surface area contributed by atoms with Crippen molar-refractivity contribution >= 4 is 60.5 Å². The van der Waals surface area contributed by atoms with E-state index >= 15 is 0 Å². The van der Waals surface area contributed by atoms with Gasteiger partial charge in [-0.05, 0) is 97.5 Å². The fourth-order valence-corrected chi connectivity index (χ4v) is 16.6. The molecule has 89 heavy (non-hydrogen) atoms. The Morgan fingerprint density at radius 2 is 1.43 bits per heavy atom. The van der Waals surface area contributed by atoms with Gasteiger partial charge in [-0.1, -0.05) is 59.2 Å². The molecule has 1 aromatic carbocycles. The van der Waals surface area contributed by atoms with E-state index in [1.165, 1.54) is 24.0 Å². The number of allylic oxidation sites excluding steroid dienone is 3. The number of primary amides is 6. The molecule has 16 N–H and O–H groups in total. The summed E-state index contributed by atoms with van der Waals surface area (Å²) in [6.45, 7) is 13.6. The minimum Gasteiger partial charge on any atom is -0.872 e. The van der Waals surface area contributed by atoms with Crippen LogP contribution in [0.4, 0.5) is 11.4 Å². The average Bonchev–Trinajstić information content (AvgIpc) is 1.61. The topological polar surface area (TPSA) is 491 Å². The minimum absolute atomic E-state index is 0. The standard InChI is InChI=1S/C59H88N13O15P.Co/c1-27(86-88(83,84)87-52-39(25-73)85-55(51(52)82)72-26-67-35-12-9-30(74)17-38(35)72)24-66-48(81)15-16-57(6)33(18-44(62)77)37-21-41-58(7,22-46(64)79)32(11-14-43(61)76)50(71-41)29(3)54-59(8,23-47(65)80)34(19-45(63)78)36(69-54)20-40-56(4,5)31(10-13-42(60)75)49(70-40)28(2)53(57)68-37;/h9,12,17,20,27,31-34,37,39-41,51-55,67,73-74,82H,10-11,13-16,18-19,21-26H2,1-8H3,(H2,60,75)(H2,61,76)(H2,62,77)(H2,63,78)(H2,64,79)(H2,65,80)(H,66,81)(H,83,84);/q-4;/p-2/b36-20-,49-28-,50-29-;/t27?,31?,32?,33?,34?,37?,39-,40?,41?,51-,52-,53?,54?,55+,57?,58?,59?;/m1./s1. The Labute approximate surface area is 528 Å². The summed E-state index contributed by atoms with van der Waals surface area (Å²) >= 11 is 0. The number of nitrogens with zero attached hydrogens (tertiary/aromatic N) is 5. The van der Waals surface area contributed by atoms with Crippen LogP contribution in [0.25, 0.3) is 21.3 Å². The molecule has 7 aliphatic rings. The third-order valence-electron chi connectivity index (χ3n) is 20.1. The first-order valence-electron chi connectivity index (χ1n) is 29.9. The number of nitrogens with one attached hydrogen (secondary N) is 2. The van der Waals surface area contributed by atoms with Gasteiger partial charge in [-0.2, -0.15) is 17.1 Å². The number of fused-ring (bicyclic) bond motifs is 9. The number of rotatable bonds is 25. The third-order valence-corrected chi connectivity index (χ3v) is 21.2. The number of carbonyl (C=O) groups excluding carboxylic acids is 7. The first-order chi connectivity index (χ1) is 41.0. The van der Waals surface area contributed by atoms with Crippen molar-refractivity contribution in [2.24, 2.45) is 79.7 Å². The van der Waals surface area contributed by atoms with Crippen LogP contribution in [0.3, 0.4) is 0 Å². The molecule has 0 aliphatic carbocycles. The maximum Gasteiger partial charge on any atom is 0.268 e. The number of amides is 7. The number of ether oxygens (including phenoxy) is 1. The molecular formula is C59H86CoN13O15P-6. The van der Waals surface area contributed by atoms with Crippen LogP contribution < -0.4 is 59.9 Å². The molecule has 0 aromatic heterocycles. The van der Waals surface area contributed by atoms with Crippen LogP contribution in [0.5, 0.6) is 5.75 Å². The van der Waals surface area contributed by atoms with E-state index in [0.29, 0.717) is 39.6 Å². The van der Waals surface area contributed by atoms with Gasteiger partial charge in [0.15, 0.2) is 6.23 Å². The van der Waals surface area contributed by atoms with Crippen molar-refractivity contribution in [3.63, 3.8) is 0 Å². The van der Waals surface area contributed by atoms with Crippen LogP contribution in [0.15, 0.2) is 52.5 Å². The normalized spacial score (nSPS) is 36.6. The van der Waals surface area contributed by atoms with Crippen molar-refractivity contribution in [1.29, 1.82) is 0 Å². The first kappa shape index (κ1) is 70.4. The van der Waals surface area contributed by atoms with E-state index in [-0.39, 0.29) is 106 Å². The number of aliphatic hydroxyl groups is 2. The van der Waals surface area contributed by atoms with Crippen molar-refractivity contribution < 1.29 is 88.9 Å². The Balaban J connectivity index is 0.0000113. The fraction of sp³-hybridized carbons (Fsp3) is 0.678. The Kier molecular flexibility index (Phi) is 21.4. The second kappa shape index (κ2) is 27.1. The molecule has 8 rings (SSSR count). The fourth-order valence-electron chi connectivity index (χ4n) is 15.5. The van der Waals surface area contributed by atoms with Gasteiger partial charge in [0.2, 0.25) is 41.4 Å². The number of aliphatic hydroxyl groups excluding tert-OH is 2. The maximum atomic E-state index is 14.2. The van der Waals surface area contributed by atoms with Gasteiger partial charge in [0, 0.05) is 68.3 Å². The minimum atomic E-state index is -5.32. The van der Waals surface area contributed by atoms with Gasteiger partial charge < -0.3 is 105 Å². The van der Waals surface area contributed by atoms with E-state index in [1.807, 2.05) is 54.5 Å². The number of hydrogen-bond acceptors (Lipinski definition) is 17. The number of anilines is 2. The van der Waals surface area contributed by atoms with Crippen molar-refractivity contribution in [3.8, 4) is 5.75 Å². The van der Waals surface area contributed by atoms with Gasteiger partial charge in [-0.15, -0.1) is 41.1 Å². The van der Waals surface area contributed by atoms with Crippen LogP contribution in [0.1, 0.15) is 126 Å². The Morgan fingerprint density at radius 3 is 2.03 bits per heavy atom. The Bertz CT molecular complexity index is 3080. The Morgan fingerprint density at radius 1 is 0.820 bits per heavy atom. The molecule has 28 nitrogen and oxygen atoms in total. The van der Waals surface area contributed by atoms with E-state index in [0.717, 1.165) is 0 Å². The molecule has 7 aliphatic heterocycles. The first-order valence-corrected chi connectivity index (χ1v) is 31.4. The number of phosphoric ester groups is 1. The number of nitrogens with two attached hydrogens (primary N) is 6. The molecule has 0 saturated carbocycles. The number of benzene rings is 1. The summed E-state index contributed by atoms with van der Waals surface area (Å²) in [7, 11) is -5.32. The summed E-state index contributed by atoms with van der Waals surface area (Å²) in [5.74, 6) is -7.31. The smallest absolute Gasteiger partial charge is 0.268 e. The zero-order valence-corrected chi connectivity index (χ0v) is 53.4. The van der Waals surface area contributed by atoms with E-state index in [1.54, 1.807) is 6.07 Å². The second-order valence-electron chi connectivity index (χ2n) is 26.5. The SMILES string of the molecule is C/C1=C2/[N-]C(CC3[N-]C(/C(C)=C4\[N-]C(/C=C5\[N-]C1C(C)(CC(N)=O)C5CC(N)=O)C(C)(C)C4CCC(N)=O)C(C)(CCC(=O)NCC(C)OP(=O)([O-])O[C@H]1[C@@H](O)[C@@H](N4CNc5ccc([O-])cc54)O[C@@H]1CO)C3CC(N)=O)C(C)(CC(N)=O)C2CCC(N)=O.[Co]. The molecule has 1 aromatic rings. The largest absolute Gasteiger partial charge is 0.872 e. The maximum absolute atomic E-state index is 14.2. The molecule has 1 radical (unpaired) electrons. The predicted molar refractivity (Wildman–Crippen MR) is 319 cm³/mol. The van der Waals surface area contributed by atoms with E-state index < -0.39 is 162 Å². The summed E-state index contributed by atoms with van der Waals surface area (Å²) in [5, 5.41) is 61.4. The van der Waals surface area contributed by atoms with Crippen molar-refractivity contribution in [3.05, 3.63) is 73.8 Å². The van der Waals surface area contributed by atoms with Gasteiger partial charge in [0.1, 0.15) is 18.3 Å². The molecule has 8 bridgehead atoms. The zero-order valence-electron chi connectivity index (χ0n) is 51.5. The van der Waals surface area contributed by atoms with Gasteiger partial charge in [-0.3, -0.25) is 38.1 Å². The number of phosphoric acid groups is 1. The monoisotopic (exact) mass is 1310 g/mol. The summed E-state index contributed by atoms with van der Waals surface area (Å²) in [4.78, 5) is 108. The zero-order chi connectivity index (χ0) is 64.9. The van der Waals surface area contributed by atoms with Crippen LogP contribution in [-0.2, 0) is 68.7 Å². The molecule has 497 valence electrons. The van der Waals surface area contributed by atoms with E-state index in [2.05, 4.69) is 10.6 Å². The van der Waals surface area contributed by atoms with Crippen molar-refractivity contribution in [2.45, 2.75) is 187 Å². The van der Waals surface area contributed by atoms with Crippen LogP contribution in [0, 0.1) is 45.3 Å². The summed E-state index contributed by atoms with van der Waals surface area (Å²) < 4.78 is 30.0. The van der Waals surface area contributed by atoms with Gasteiger partial charge in [0.25, 0.3) is 7.82 Å². The van der Waals surface area contributed by atoms with Crippen LogP contribution in [-0.4, -0.2) is 132 Å². The molecule has 5 fully saturated rings. The van der Waals surface area contributed by atoms with Gasteiger partial charge in [0.05, 0.1) is 30.8 Å². The molecule has 7 heterocycles. The molecular weight excluding hydrogens is 1220 g/mol. The van der Waals surface area contributed by atoms with E-state index in [4.69, 9.17) is 69.5 Å². The van der Waals surface area contributed by atoms with Crippen LogP contribution in [0.2, 0.25) is 0 Å². The molecule has 0 spiro atoms. The average molecular weight is 1310 g/mol. The summed E-state index contributed by atoms with van der Waals surface area (Å²) in [6, 6.07) is 0.313. The predicted octanol–water partition coefficient (Wildman–Crippen LogP) is 1.95. The second-order valence-corrected chi connectivity index (χ2v) is 27.8. The van der Waals surface area contributed by atoms with E-state index in [9.17, 15) is 58.3 Å². The van der Waals surface area contributed by atoms with Crippen molar-refractivity contribution in [2.75, 3.05) is 30.0 Å². The van der Waals surface area contributed by atoms with Gasteiger partial charge >= 0.3 is 0 Å². The quantitative estimate of drug-likeness (QED) is 0.0626. The van der Waals surface area contributed by atoms with Crippen LogP contribution >= 0.6 is 7.82 Å². The summed E-state index contributed by atoms with van der Waals surface area (Å²) in [5.41, 5.74) is 35.4. The molecule has 30 heteroatoms. The molecule has 18 atom stereocenters. The Hall–Kier alpha value is -6.01. The third kappa shape index (κ3) is 14.4. The molecule has 5 saturated heterocycles. The summed E-state index contributed by atoms with van der Waals surface area (Å²) in [6.07, 6.45) is -5.93. The van der Waals surface area contributed by atoms with Gasteiger partial charge in [-0.25, -0.2) is 0 Å². The molecule has 14 unspecified atom stereocenters. The number of carbonyl (C=O) groups is 7. The molecule has 7 amide bonds. The van der Waals surface area contributed by atoms with Crippen molar-refractivity contribution in [1.82, 2.24) is 5.32 Å². The number of hydrogen-bond donors (Lipinski definition) is 10.